The van der Waals surface area contributed by atoms with Crippen LogP contribution < -0.4 is 9.47 Å². The number of hydrogen-bond donors (Lipinski definition) is 0. The average molecular weight is 231 g/mol. The van der Waals surface area contributed by atoms with E-state index in [-0.39, 0.29) is 0 Å². The van der Waals surface area contributed by atoms with Gasteiger partial charge in [-0.15, -0.1) is 0 Å². The van der Waals surface area contributed by atoms with E-state index in [1.807, 2.05) is 12.1 Å². The van der Waals surface area contributed by atoms with Crippen LogP contribution in [0, 0.1) is 0 Å². The molecule has 2 aromatic rings. The van der Waals surface area contributed by atoms with Crippen LogP contribution in [-0.2, 0) is 12.8 Å². The molecule has 1 aliphatic rings. The van der Waals surface area contributed by atoms with Crippen molar-refractivity contribution >= 4 is 0 Å². The van der Waals surface area contributed by atoms with Crippen LogP contribution in [0.4, 0.5) is 0 Å². The minimum atomic E-state index is 0.724. The van der Waals surface area contributed by atoms with Crippen molar-refractivity contribution in [2.75, 3.05) is 14.2 Å². The van der Waals surface area contributed by atoms with Crippen LogP contribution >= 0.6 is 0 Å². The van der Waals surface area contributed by atoms with Crippen molar-refractivity contribution in [3.05, 3.63) is 29.5 Å². The van der Waals surface area contributed by atoms with Gasteiger partial charge in [0.25, 0.3) is 0 Å². The quantitative estimate of drug-likeness (QED) is 0.796. The van der Waals surface area contributed by atoms with Gasteiger partial charge in [0.2, 0.25) is 0 Å². The number of benzene rings is 1. The minimum absolute atomic E-state index is 0.724. The van der Waals surface area contributed by atoms with Crippen molar-refractivity contribution in [1.82, 2.24) is 5.16 Å². The summed E-state index contributed by atoms with van der Waals surface area (Å²) in [5.74, 6) is 1.49. The average Bonchev–Trinajstić information content (AvgIpc) is 2.85. The van der Waals surface area contributed by atoms with Crippen LogP contribution in [0.3, 0.4) is 0 Å². The van der Waals surface area contributed by atoms with E-state index < -0.39 is 0 Å². The zero-order valence-electron chi connectivity index (χ0n) is 9.82. The zero-order valence-corrected chi connectivity index (χ0v) is 9.82. The maximum absolute atomic E-state index is 5.31. The molecule has 1 heterocycles. The van der Waals surface area contributed by atoms with Gasteiger partial charge in [0.1, 0.15) is 12.0 Å². The summed E-state index contributed by atoms with van der Waals surface area (Å²) < 4.78 is 15.6. The summed E-state index contributed by atoms with van der Waals surface area (Å²) in [5.41, 5.74) is 4.39. The van der Waals surface area contributed by atoms with Crippen molar-refractivity contribution in [2.45, 2.75) is 12.8 Å². The van der Waals surface area contributed by atoms with Crippen molar-refractivity contribution < 1.29 is 14.0 Å². The number of aryl methyl sites for hydroxylation is 2. The van der Waals surface area contributed by atoms with Gasteiger partial charge in [-0.3, -0.25) is 0 Å². The van der Waals surface area contributed by atoms with Crippen molar-refractivity contribution in [2.24, 2.45) is 0 Å². The molecule has 0 aliphatic heterocycles. The molecule has 0 saturated heterocycles. The maximum atomic E-state index is 5.31. The Kier molecular flexibility index (Phi) is 2.28. The molecule has 0 spiro atoms. The molecule has 4 nitrogen and oxygen atoms in total. The molecule has 0 bridgehead atoms. The molecule has 4 heteroatoms. The lowest BCUT2D eigenvalue weighted by molar-refractivity contribution is 0.354. The monoisotopic (exact) mass is 231 g/mol. The highest BCUT2D eigenvalue weighted by Crippen LogP contribution is 2.39. The molecule has 0 atom stereocenters. The first-order valence-corrected chi connectivity index (χ1v) is 5.52. The zero-order chi connectivity index (χ0) is 11.8. The van der Waals surface area contributed by atoms with Crippen molar-refractivity contribution in [3.8, 4) is 22.8 Å². The second kappa shape index (κ2) is 3.80. The largest absolute Gasteiger partial charge is 0.493 e. The fourth-order valence-electron chi connectivity index (χ4n) is 2.27. The Hall–Kier alpha value is -1.97. The van der Waals surface area contributed by atoms with Crippen LogP contribution in [0.1, 0.15) is 11.1 Å². The third-order valence-corrected chi connectivity index (χ3v) is 3.17. The summed E-state index contributed by atoms with van der Waals surface area (Å²) in [6.45, 7) is 0. The molecule has 1 aromatic heterocycles. The summed E-state index contributed by atoms with van der Waals surface area (Å²) in [7, 11) is 3.28. The van der Waals surface area contributed by atoms with E-state index in [9.17, 15) is 0 Å². The van der Waals surface area contributed by atoms with Gasteiger partial charge >= 0.3 is 0 Å². The Labute approximate surface area is 99.1 Å². The molecular weight excluding hydrogens is 218 g/mol. The summed E-state index contributed by atoms with van der Waals surface area (Å²) >= 11 is 0. The normalized spacial score (nSPS) is 12.8. The molecule has 0 N–H and O–H groups in total. The predicted octanol–water partition coefficient (Wildman–Crippen LogP) is 2.46. The number of rotatable bonds is 2. The summed E-state index contributed by atoms with van der Waals surface area (Å²) in [6.07, 6.45) is 3.65. The Morgan fingerprint density at radius 2 is 1.76 bits per heavy atom. The first-order chi connectivity index (χ1) is 8.33. The number of methoxy groups -OCH3 is 2. The Bertz CT molecular complexity index is 560. The highest BCUT2D eigenvalue weighted by Gasteiger charge is 2.22. The fourth-order valence-corrected chi connectivity index (χ4v) is 2.27. The predicted molar refractivity (Wildman–Crippen MR) is 62.5 cm³/mol. The van der Waals surface area contributed by atoms with Gasteiger partial charge in [-0.2, -0.15) is 0 Å². The molecule has 88 valence electrons. The van der Waals surface area contributed by atoms with Crippen LogP contribution in [0.15, 0.2) is 22.9 Å². The lowest BCUT2D eigenvalue weighted by atomic mass is 9.90. The Morgan fingerprint density at radius 3 is 2.53 bits per heavy atom. The van der Waals surface area contributed by atoms with Crippen molar-refractivity contribution in [1.29, 1.82) is 0 Å². The van der Waals surface area contributed by atoms with Gasteiger partial charge in [-0.05, 0) is 30.5 Å². The van der Waals surface area contributed by atoms with E-state index in [0.717, 1.165) is 41.2 Å². The second-order valence-electron chi connectivity index (χ2n) is 4.05. The third kappa shape index (κ3) is 1.48. The molecule has 3 rings (SSSR count). The van der Waals surface area contributed by atoms with Gasteiger partial charge < -0.3 is 14.0 Å². The lowest BCUT2D eigenvalue weighted by Gasteiger charge is -2.17. The van der Waals surface area contributed by atoms with E-state index in [0.29, 0.717) is 0 Å². The van der Waals surface area contributed by atoms with Crippen LogP contribution in [0.2, 0.25) is 0 Å². The van der Waals surface area contributed by atoms with Crippen LogP contribution in [0.5, 0.6) is 11.5 Å². The number of nitrogens with zero attached hydrogens (tertiary/aromatic N) is 1. The molecule has 0 saturated carbocycles. The highest BCUT2D eigenvalue weighted by molar-refractivity contribution is 5.72. The van der Waals surface area contributed by atoms with Gasteiger partial charge in [-0.25, -0.2) is 0 Å². The summed E-state index contributed by atoms with van der Waals surface area (Å²) in [6, 6.07) is 3.99. The van der Waals surface area contributed by atoms with E-state index >= 15 is 0 Å². The molecule has 0 amide bonds. The number of hydrogen-bond acceptors (Lipinski definition) is 4. The van der Waals surface area contributed by atoms with E-state index in [4.69, 9.17) is 14.0 Å². The number of aromatic nitrogens is 1. The SMILES string of the molecule is COc1cc2c(cc1OC)-c1nocc1CC2. The number of fused-ring (bicyclic) bond motifs is 3. The molecule has 0 fully saturated rings. The second-order valence-corrected chi connectivity index (χ2v) is 4.05. The Balaban J connectivity index is 2.20. The van der Waals surface area contributed by atoms with E-state index in [1.165, 1.54) is 5.56 Å². The molecule has 1 aliphatic carbocycles. The number of ether oxygens (including phenoxy) is 2. The molecule has 1 aromatic carbocycles. The maximum Gasteiger partial charge on any atom is 0.161 e. The molecule has 17 heavy (non-hydrogen) atoms. The molecule has 0 unspecified atom stereocenters. The standard InChI is InChI=1S/C13H13NO3/c1-15-11-5-8-3-4-9-7-17-14-13(9)10(8)6-12(11)16-2/h5-7H,3-4H2,1-2H3. The first kappa shape index (κ1) is 10.2. The first-order valence-electron chi connectivity index (χ1n) is 5.52. The highest BCUT2D eigenvalue weighted by atomic mass is 16.5. The van der Waals surface area contributed by atoms with Gasteiger partial charge in [-0.1, -0.05) is 5.16 Å². The topological polar surface area (TPSA) is 44.5 Å². The smallest absolute Gasteiger partial charge is 0.161 e. The lowest BCUT2D eigenvalue weighted by Crippen LogP contribution is -2.04. The van der Waals surface area contributed by atoms with Gasteiger partial charge in [0.05, 0.1) is 14.2 Å². The van der Waals surface area contributed by atoms with Gasteiger partial charge in [0.15, 0.2) is 11.5 Å². The van der Waals surface area contributed by atoms with Crippen molar-refractivity contribution in [3.63, 3.8) is 0 Å². The van der Waals surface area contributed by atoms with E-state index in [1.54, 1.807) is 20.5 Å². The summed E-state index contributed by atoms with van der Waals surface area (Å²) in [4.78, 5) is 0. The van der Waals surface area contributed by atoms with E-state index in [2.05, 4.69) is 5.16 Å². The fraction of sp³-hybridized carbons (Fsp3) is 0.308. The van der Waals surface area contributed by atoms with Crippen LogP contribution in [0.25, 0.3) is 11.3 Å². The molecular formula is C13H13NO3. The third-order valence-electron chi connectivity index (χ3n) is 3.17. The summed E-state index contributed by atoms with van der Waals surface area (Å²) in [5, 5.41) is 4.06. The van der Waals surface area contributed by atoms with Gasteiger partial charge in [0, 0.05) is 11.1 Å². The molecule has 0 radical (unpaired) electrons. The minimum Gasteiger partial charge on any atom is -0.493 e. The van der Waals surface area contributed by atoms with Crippen LogP contribution in [-0.4, -0.2) is 19.4 Å². The Morgan fingerprint density at radius 1 is 1.06 bits per heavy atom.